The highest BCUT2D eigenvalue weighted by molar-refractivity contribution is 7.86. The lowest BCUT2D eigenvalue weighted by Gasteiger charge is -1.94. The third-order valence-electron chi connectivity index (χ3n) is 0.596. The van der Waals surface area contributed by atoms with E-state index in [-0.39, 0.29) is 4.70 Å². The molecule has 0 rings (SSSR count). The molecule has 0 heterocycles. The van der Waals surface area contributed by atoms with Crippen molar-refractivity contribution < 1.29 is 17.7 Å². The molecule has 8 heavy (non-hydrogen) atoms. The first-order valence-corrected chi connectivity index (χ1v) is 3.41. The molecule has 0 radical (unpaired) electrons. The molecule has 0 spiro atoms. The highest BCUT2D eigenvalue weighted by Gasteiger charge is 2.08. The van der Waals surface area contributed by atoms with Crippen LogP contribution < -0.4 is 0 Å². The molecule has 0 aromatic carbocycles. The van der Waals surface area contributed by atoms with Crippen molar-refractivity contribution >= 4 is 10.1 Å². The largest absolute Gasteiger partial charge is 0.285 e. The number of hydrogen-bond acceptors (Lipinski definition) is 2. The molecular weight excluding hydrogens is 135 g/mol. The standard InChI is InChI=1S/C3H8O3S.FH/c1-3(2)7(4,5)6;/h3H,1-2H3,(H,4,5,6);1H. The monoisotopic (exact) mass is 144 g/mol. The van der Waals surface area contributed by atoms with Gasteiger partial charge in [-0.3, -0.25) is 9.26 Å². The Hall–Kier alpha value is -0.160. The third-order valence-corrected chi connectivity index (χ3v) is 1.79. The summed E-state index contributed by atoms with van der Waals surface area (Å²) in [5, 5.41) is -0.674. The molecule has 0 unspecified atom stereocenters. The normalized spacial score (nSPS) is 11.0. The highest BCUT2D eigenvalue weighted by Crippen LogP contribution is 1.91. The van der Waals surface area contributed by atoms with Crippen LogP contribution in [-0.4, -0.2) is 18.2 Å². The molecule has 1 N–H and O–H groups in total. The van der Waals surface area contributed by atoms with E-state index in [4.69, 9.17) is 4.55 Å². The number of hydrogen-bond donors (Lipinski definition) is 1. The number of halogens is 1. The van der Waals surface area contributed by atoms with Gasteiger partial charge >= 0.3 is 0 Å². The fraction of sp³-hybridized carbons (Fsp3) is 1.00. The molecule has 0 saturated carbocycles. The molecule has 52 valence electrons. The summed E-state index contributed by atoms with van der Waals surface area (Å²) >= 11 is 0. The molecule has 0 atom stereocenters. The molecule has 3 nitrogen and oxygen atoms in total. The second kappa shape index (κ2) is 2.99. The molecule has 0 aliphatic carbocycles. The second-order valence-electron chi connectivity index (χ2n) is 1.56. The van der Waals surface area contributed by atoms with Gasteiger partial charge in [-0.1, -0.05) is 0 Å². The van der Waals surface area contributed by atoms with Gasteiger partial charge in [0.2, 0.25) is 0 Å². The molecule has 0 bridgehead atoms. The molecule has 0 amide bonds. The predicted molar refractivity (Wildman–Crippen MR) is 29.2 cm³/mol. The molecule has 0 aliphatic rings. The first kappa shape index (κ1) is 10.8. The third kappa shape index (κ3) is 4.01. The summed E-state index contributed by atoms with van der Waals surface area (Å²) in [6.07, 6.45) is 0. The van der Waals surface area contributed by atoms with Gasteiger partial charge in [0.1, 0.15) is 0 Å². The van der Waals surface area contributed by atoms with Crippen LogP contribution in [0.2, 0.25) is 0 Å². The lowest BCUT2D eigenvalue weighted by Crippen LogP contribution is -2.10. The molecule has 5 heteroatoms. The van der Waals surface area contributed by atoms with Gasteiger partial charge in [-0.15, -0.1) is 0 Å². The lowest BCUT2D eigenvalue weighted by molar-refractivity contribution is 0.473. The maximum atomic E-state index is 9.89. The minimum absolute atomic E-state index is 0. The van der Waals surface area contributed by atoms with Crippen LogP contribution >= 0.6 is 0 Å². The van der Waals surface area contributed by atoms with Gasteiger partial charge in [0, 0.05) is 0 Å². The maximum absolute atomic E-state index is 9.89. The first-order valence-electron chi connectivity index (χ1n) is 1.91. The molecule has 0 aromatic rings. The van der Waals surface area contributed by atoms with Crippen molar-refractivity contribution in [2.75, 3.05) is 0 Å². The summed E-state index contributed by atoms with van der Waals surface area (Å²) in [7, 11) is -3.74. The fourth-order valence-electron chi connectivity index (χ4n) is 0. The van der Waals surface area contributed by atoms with Gasteiger partial charge in [-0.05, 0) is 13.8 Å². The summed E-state index contributed by atoms with van der Waals surface area (Å²) in [6, 6.07) is 0. The zero-order valence-electron chi connectivity index (χ0n) is 4.66. The average molecular weight is 144 g/mol. The molecule has 0 saturated heterocycles. The van der Waals surface area contributed by atoms with Crippen molar-refractivity contribution in [3.63, 3.8) is 0 Å². The van der Waals surface area contributed by atoms with Gasteiger partial charge in [0.25, 0.3) is 10.1 Å². The van der Waals surface area contributed by atoms with Crippen LogP contribution in [0.5, 0.6) is 0 Å². The minimum Gasteiger partial charge on any atom is -0.285 e. The van der Waals surface area contributed by atoms with Crippen LogP contribution in [-0.2, 0) is 10.1 Å². The minimum atomic E-state index is -3.74. The molecule has 0 fully saturated rings. The van der Waals surface area contributed by atoms with Gasteiger partial charge in [0.15, 0.2) is 0 Å². The van der Waals surface area contributed by atoms with Gasteiger partial charge < -0.3 is 0 Å². The summed E-state index contributed by atoms with van der Waals surface area (Å²) in [5.74, 6) is 0. The van der Waals surface area contributed by atoms with E-state index in [0.29, 0.717) is 0 Å². The maximum Gasteiger partial charge on any atom is 0.267 e. The van der Waals surface area contributed by atoms with Crippen molar-refractivity contribution in [1.82, 2.24) is 0 Å². The summed E-state index contributed by atoms with van der Waals surface area (Å²) in [4.78, 5) is 0. The summed E-state index contributed by atoms with van der Waals surface area (Å²) in [6.45, 7) is 2.82. The Morgan fingerprint density at radius 3 is 1.50 bits per heavy atom. The van der Waals surface area contributed by atoms with Crippen molar-refractivity contribution in [2.45, 2.75) is 19.1 Å². The van der Waals surface area contributed by atoms with Crippen LogP contribution in [0.1, 0.15) is 13.8 Å². The van der Waals surface area contributed by atoms with E-state index in [1.165, 1.54) is 13.8 Å². The van der Waals surface area contributed by atoms with E-state index >= 15 is 0 Å². The van der Waals surface area contributed by atoms with E-state index in [1.807, 2.05) is 0 Å². The SMILES string of the molecule is CC(C)S(=O)(=O)O.F. The van der Waals surface area contributed by atoms with Crippen molar-refractivity contribution in [3.8, 4) is 0 Å². The zero-order valence-corrected chi connectivity index (χ0v) is 5.47. The molecule has 0 aromatic heterocycles. The van der Waals surface area contributed by atoms with Gasteiger partial charge in [0.05, 0.1) is 5.25 Å². The predicted octanol–water partition coefficient (Wildman–Crippen LogP) is 0.435. The molecular formula is C3H9FO3S. The van der Waals surface area contributed by atoms with Crippen molar-refractivity contribution in [2.24, 2.45) is 0 Å². The smallest absolute Gasteiger partial charge is 0.267 e. The Bertz CT molecular complexity index is 137. The lowest BCUT2D eigenvalue weighted by atomic mass is 10.6. The van der Waals surface area contributed by atoms with Crippen molar-refractivity contribution in [3.05, 3.63) is 0 Å². The van der Waals surface area contributed by atoms with E-state index in [0.717, 1.165) is 0 Å². The van der Waals surface area contributed by atoms with Gasteiger partial charge in [-0.25, -0.2) is 0 Å². The highest BCUT2D eigenvalue weighted by atomic mass is 32.2. The zero-order chi connectivity index (χ0) is 6.08. The average Bonchev–Trinajstić information content (AvgIpc) is 1.31. The van der Waals surface area contributed by atoms with E-state index in [2.05, 4.69) is 0 Å². The van der Waals surface area contributed by atoms with Crippen LogP contribution in [0.4, 0.5) is 4.70 Å². The van der Waals surface area contributed by atoms with Gasteiger partial charge in [-0.2, -0.15) is 8.42 Å². The van der Waals surface area contributed by atoms with Crippen LogP contribution in [0.25, 0.3) is 0 Å². The fourth-order valence-corrected chi connectivity index (χ4v) is 0. The van der Waals surface area contributed by atoms with E-state index < -0.39 is 15.4 Å². The summed E-state index contributed by atoms with van der Waals surface area (Å²) in [5.41, 5.74) is 0. The van der Waals surface area contributed by atoms with E-state index in [1.54, 1.807) is 0 Å². The van der Waals surface area contributed by atoms with Crippen molar-refractivity contribution in [1.29, 1.82) is 0 Å². The quantitative estimate of drug-likeness (QED) is 0.543. The van der Waals surface area contributed by atoms with E-state index in [9.17, 15) is 8.42 Å². The van der Waals surface area contributed by atoms with Crippen LogP contribution in [0, 0.1) is 0 Å². The Labute approximate surface area is 47.8 Å². The second-order valence-corrected chi connectivity index (χ2v) is 3.54. The molecule has 0 aliphatic heterocycles. The Kier molecular flexibility index (Phi) is 4.01. The number of rotatable bonds is 1. The topological polar surface area (TPSA) is 54.4 Å². The van der Waals surface area contributed by atoms with Crippen LogP contribution in [0.15, 0.2) is 0 Å². The summed E-state index contributed by atoms with van der Waals surface area (Å²) < 4.78 is 27.8. The Morgan fingerprint density at radius 1 is 1.38 bits per heavy atom. The van der Waals surface area contributed by atoms with Crippen LogP contribution in [0.3, 0.4) is 0 Å². The first-order chi connectivity index (χ1) is 2.94. The Balaban J connectivity index is 0. The Morgan fingerprint density at radius 2 is 1.50 bits per heavy atom.